The van der Waals surface area contributed by atoms with Crippen LogP contribution in [-0.4, -0.2) is 25.7 Å². The molecular weight excluding hydrogens is 510 g/mol. The number of nitrogens with two attached hydrogens (primary N) is 1. The van der Waals surface area contributed by atoms with Gasteiger partial charge in [-0.15, -0.1) is 0 Å². The van der Waals surface area contributed by atoms with Gasteiger partial charge in [0.25, 0.3) is 0 Å². The van der Waals surface area contributed by atoms with E-state index in [9.17, 15) is 4.79 Å². The van der Waals surface area contributed by atoms with E-state index in [2.05, 4.69) is 30.7 Å². The smallest absolute Gasteiger partial charge is 0.204 e. The largest absolute Gasteiger partial charge is 0.384 e. The minimum atomic E-state index is -0.180. The molecule has 8 heteroatoms. The van der Waals surface area contributed by atoms with Crippen molar-refractivity contribution >= 4 is 28.5 Å². The molecule has 7 nitrogen and oxygen atoms in total. The summed E-state index contributed by atoms with van der Waals surface area (Å²) < 4.78 is 9.77. The second-order valence-electron chi connectivity index (χ2n) is 12.4. The molecule has 1 saturated carbocycles. The van der Waals surface area contributed by atoms with Gasteiger partial charge in [-0.3, -0.25) is 4.79 Å². The Bertz CT molecular complexity index is 1270. The first kappa shape index (κ1) is 29.6. The zero-order chi connectivity index (χ0) is 27.8. The minimum Gasteiger partial charge on any atom is -0.384 e. The summed E-state index contributed by atoms with van der Waals surface area (Å²) >= 11 is 6.17. The molecule has 0 amide bonds. The third-order valence-electron chi connectivity index (χ3n) is 7.64. The Labute approximate surface area is 238 Å². The molecule has 3 heterocycles. The van der Waals surface area contributed by atoms with Crippen LogP contribution in [0, 0.1) is 11.3 Å². The lowest BCUT2D eigenvalue weighted by atomic mass is 9.89. The molecule has 0 atom stereocenters. The van der Waals surface area contributed by atoms with Crippen LogP contribution < -0.4 is 11.2 Å². The van der Waals surface area contributed by atoms with Gasteiger partial charge in [-0.2, -0.15) is 0 Å². The van der Waals surface area contributed by atoms with E-state index in [1.165, 1.54) is 57.8 Å². The van der Waals surface area contributed by atoms with Gasteiger partial charge in [0.2, 0.25) is 5.43 Å². The van der Waals surface area contributed by atoms with E-state index in [0.29, 0.717) is 58.1 Å². The summed E-state index contributed by atoms with van der Waals surface area (Å²) in [6.07, 6.45) is 18.7. The molecule has 0 saturated heterocycles. The quantitative estimate of drug-likeness (QED) is 0.144. The number of fused-ring (bicyclic) bond motifs is 1. The Kier molecular flexibility index (Phi) is 10.5. The third-order valence-corrected chi connectivity index (χ3v) is 7.85. The summed E-state index contributed by atoms with van der Waals surface area (Å²) in [6.45, 7) is 8.72. The highest BCUT2D eigenvalue weighted by atomic mass is 35.5. The number of hydrogen-bond acceptors (Lipinski definition) is 5. The summed E-state index contributed by atoms with van der Waals surface area (Å²) in [4.78, 5) is 22.4. The number of anilines is 1. The number of imidazole rings is 1. The molecule has 4 rings (SSSR count). The van der Waals surface area contributed by atoms with Crippen LogP contribution in [0.2, 0.25) is 5.15 Å². The number of halogens is 1. The van der Waals surface area contributed by atoms with Gasteiger partial charge < -0.3 is 19.6 Å². The van der Waals surface area contributed by atoms with Crippen LogP contribution >= 0.6 is 11.6 Å². The number of ether oxygens (including phenoxy) is 1. The third kappa shape index (κ3) is 8.55. The lowest BCUT2D eigenvalue weighted by molar-refractivity contribution is 0.0748. The van der Waals surface area contributed by atoms with Crippen molar-refractivity contribution in [3.8, 4) is 11.4 Å². The summed E-state index contributed by atoms with van der Waals surface area (Å²) in [6, 6.07) is 3.38. The molecule has 0 bridgehead atoms. The Balaban J connectivity index is 1.25. The average Bonchev–Trinajstić information content (AvgIpc) is 3.60. The van der Waals surface area contributed by atoms with Gasteiger partial charge in [-0.05, 0) is 49.1 Å². The van der Waals surface area contributed by atoms with Crippen LogP contribution in [0.3, 0.4) is 0 Å². The van der Waals surface area contributed by atoms with Crippen molar-refractivity contribution in [3.05, 3.63) is 39.9 Å². The van der Waals surface area contributed by atoms with Crippen LogP contribution in [0.25, 0.3) is 22.4 Å². The molecule has 1 fully saturated rings. The fraction of sp³-hybridized carbons (Fsp3) is 0.645. The molecular formula is C31H46ClN5O2. The number of nitrogens with zero attached hydrogens (tertiary/aromatic N) is 4. The first-order valence-electron chi connectivity index (χ1n) is 14.8. The lowest BCUT2D eigenvalue weighted by Crippen LogP contribution is -2.21. The standard InChI is InChI=1S/C31H46ClN5O2/c1-31(2,3)17-11-9-7-5-4-6-8-10-12-20-39-22-36-19-18-34-30(36)26-27(38)24-15-16-25(32)35-29(24)37(28(26)33)21-23-13-14-23/h15-16,18-19,23H,4-14,17,20-22,33H2,1-3H3. The number of rotatable bonds is 16. The maximum absolute atomic E-state index is 13.5. The van der Waals surface area contributed by atoms with E-state index in [1.807, 2.05) is 15.3 Å². The molecule has 0 radical (unpaired) electrons. The second kappa shape index (κ2) is 13.8. The van der Waals surface area contributed by atoms with Gasteiger partial charge in [0, 0.05) is 25.5 Å². The van der Waals surface area contributed by atoms with E-state index in [1.54, 1.807) is 18.3 Å². The van der Waals surface area contributed by atoms with Crippen molar-refractivity contribution in [1.29, 1.82) is 0 Å². The van der Waals surface area contributed by atoms with Crippen molar-refractivity contribution in [1.82, 2.24) is 19.1 Å². The number of nitrogen functional groups attached to an aromatic ring is 1. The van der Waals surface area contributed by atoms with Crippen LogP contribution in [0.5, 0.6) is 0 Å². The van der Waals surface area contributed by atoms with Gasteiger partial charge in [-0.25, -0.2) is 9.97 Å². The van der Waals surface area contributed by atoms with Crippen LogP contribution in [-0.2, 0) is 18.0 Å². The number of unbranched alkanes of at least 4 members (excludes halogenated alkanes) is 8. The zero-order valence-electron chi connectivity index (χ0n) is 24.1. The molecule has 1 aliphatic rings. The predicted octanol–water partition coefficient (Wildman–Crippen LogP) is 7.83. The molecule has 2 N–H and O–H groups in total. The molecule has 0 aromatic carbocycles. The van der Waals surface area contributed by atoms with Gasteiger partial charge in [-0.1, -0.05) is 83.7 Å². The highest BCUT2D eigenvalue weighted by molar-refractivity contribution is 6.29. The fourth-order valence-electron chi connectivity index (χ4n) is 5.17. The highest BCUT2D eigenvalue weighted by Gasteiger charge is 2.27. The molecule has 214 valence electrons. The van der Waals surface area contributed by atoms with Crippen molar-refractivity contribution in [3.63, 3.8) is 0 Å². The summed E-state index contributed by atoms with van der Waals surface area (Å²) in [5.74, 6) is 1.46. The fourth-order valence-corrected chi connectivity index (χ4v) is 5.31. The Morgan fingerprint density at radius 3 is 2.36 bits per heavy atom. The number of hydrogen-bond donors (Lipinski definition) is 1. The summed E-state index contributed by atoms with van der Waals surface area (Å²) in [5, 5.41) is 0.852. The topological polar surface area (TPSA) is 88.0 Å². The molecule has 3 aromatic rings. The van der Waals surface area contributed by atoms with E-state index in [4.69, 9.17) is 22.1 Å². The zero-order valence-corrected chi connectivity index (χ0v) is 24.8. The van der Waals surface area contributed by atoms with E-state index < -0.39 is 0 Å². The first-order chi connectivity index (χ1) is 18.7. The maximum atomic E-state index is 13.5. The SMILES string of the molecule is CC(C)(C)CCCCCCCCCCCOCn1ccnc1-c1c(N)n(CC2CC2)c2nc(Cl)ccc2c1=O. The molecule has 0 spiro atoms. The van der Waals surface area contributed by atoms with Gasteiger partial charge in [0.05, 0.1) is 5.39 Å². The molecule has 0 unspecified atom stereocenters. The first-order valence-corrected chi connectivity index (χ1v) is 15.2. The van der Waals surface area contributed by atoms with E-state index in [0.717, 1.165) is 25.8 Å². The van der Waals surface area contributed by atoms with Gasteiger partial charge >= 0.3 is 0 Å². The monoisotopic (exact) mass is 555 g/mol. The van der Waals surface area contributed by atoms with Crippen LogP contribution in [0.4, 0.5) is 5.82 Å². The number of aromatic nitrogens is 4. The predicted molar refractivity (Wildman–Crippen MR) is 161 cm³/mol. The Morgan fingerprint density at radius 1 is 1.03 bits per heavy atom. The molecule has 39 heavy (non-hydrogen) atoms. The number of pyridine rings is 2. The molecule has 3 aromatic heterocycles. The Morgan fingerprint density at radius 2 is 1.69 bits per heavy atom. The second-order valence-corrected chi connectivity index (χ2v) is 12.8. The van der Waals surface area contributed by atoms with Crippen LogP contribution in [0.1, 0.15) is 97.8 Å². The summed E-state index contributed by atoms with van der Waals surface area (Å²) in [7, 11) is 0. The van der Waals surface area contributed by atoms with Crippen molar-refractivity contribution in [2.24, 2.45) is 11.3 Å². The van der Waals surface area contributed by atoms with Crippen molar-refractivity contribution < 1.29 is 4.74 Å². The van der Waals surface area contributed by atoms with Gasteiger partial charge in [0.15, 0.2) is 0 Å². The molecule has 1 aliphatic carbocycles. The van der Waals surface area contributed by atoms with Crippen molar-refractivity contribution in [2.45, 2.75) is 111 Å². The lowest BCUT2D eigenvalue weighted by Gasteiger charge is -2.17. The summed E-state index contributed by atoms with van der Waals surface area (Å²) in [5.41, 5.74) is 7.83. The van der Waals surface area contributed by atoms with E-state index >= 15 is 0 Å². The van der Waals surface area contributed by atoms with Crippen molar-refractivity contribution in [2.75, 3.05) is 12.3 Å². The normalized spacial score (nSPS) is 13.9. The average molecular weight is 556 g/mol. The minimum absolute atomic E-state index is 0.180. The van der Waals surface area contributed by atoms with Crippen LogP contribution in [0.15, 0.2) is 29.3 Å². The van der Waals surface area contributed by atoms with E-state index in [-0.39, 0.29) is 5.43 Å². The Hall–Kier alpha value is -2.38. The van der Waals surface area contributed by atoms with Gasteiger partial charge in [0.1, 0.15) is 34.7 Å². The highest BCUT2D eigenvalue weighted by Crippen LogP contribution is 2.34. The maximum Gasteiger partial charge on any atom is 0.204 e. The molecule has 0 aliphatic heterocycles.